The van der Waals surface area contributed by atoms with E-state index in [-0.39, 0.29) is 0 Å². The van der Waals surface area contributed by atoms with E-state index in [0.29, 0.717) is 0 Å². The first kappa shape index (κ1) is 10.5. The zero-order valence-corrected chi connectivity index (χ0v) is 9.10. The van der Waals surface area contributed by atoms with E-state index in [4.69, 9.17) is 4.74 Å². The third kappa shape index (κ3) is 3.31. The van der Waals surface area contributed by atoms with Gasteiger partial charge in [0.15, 0.2) is 0 Å². The van der Waals surface area contributed by atoms with E-state index in [2.05, 4.69) is 19.6 Å². The summed E-state index contributed by atoms with van der Waals surface area (Å²) in [5, 5.41) is 0. The first-order valence-electron chi connectivity index (χ1n) is 4.66. The van der Waals surface area contributed by atoms with E-state index in [1.54, 1.807) is 0 Å². The number of ether oxygens (including phenoxy) is 1. The number of rotatable bonds is 4. The van der Waals surface area contributed by atoms with Crippen molar-refractivity contribution in [3.63, 3.8) is 0 Å². The van der Waals surface area contributed by atoms with Crippen LogP contribution in [0.2, 0.25) is 0 Å². The molecule has 0 N–H and O–H groups in total. The fourth-order valence-electron chi connectivity index (χ4n) is 1.12. The lowest BCUT2D eigenvalue weighted by molar-refractivity contribution is 0.307. The standard InChI is InChI=1S/C11H16OS/c1-3-4-7-12-11-6-5-10(13)8-9(11)2/h5-6,8,13H,3-4,7H2,1-2H3. The van der Waals surface area contributed by atoms with Crippen LogP contribution in [0.4, 0.5) is 0 Å². The van der Waals surface area contributed by atoms with Gasteiger partial charge < -0.3 is 4.74 Å². The van der Waals surface area contributed by atoms with Crippen LogP contribution in [-0.2, 0) is 0 Å². The molecule has 13 heavy (non-hydrogen) atoms. The van der Waals surface area contributed by atoms with Crippen LogP contribution in [0.1, 0.15) is 25.3 Å². The van der Waals surface area contributed by atoms with Gasteiger partial charge in [0.25, 0.3) is 0 Å². The zero-order valence-electron chi connectivity index (χ0n) is 8.21. The first-order valence-corrected chi connectivity index (χ1v) is 5.11. The highest BCUT2D eigenvalue weighted by Gasteiger charge is 1.98. The van der Waals surface area contributed by atoms with Crippen LogP contribution in [0, 0.1) is 6.92 Å². The lowest BCUT2D eigenvalue weighted by Crippen LogP contribution is -1.97. The minimum absolute atomic E-state index is 0.809. The molecule has 0 saturated heterocycles. The monoisotopic (exact) mass is 196 g/mol. The van der Waals surface area contributed by atoms with Gasteiger partial charge in [-0.2, -0.15) is 0 Å². The third-order valence-corrected chi connectivity index (χ3v) is 2.19. The van der Waals surface area contributed by atoms with Gasteiger partial charge in [0.1, 0.15) is 5.75 Å². The molecule has 0 atom stereocenters. The molecular weight excluding hydrogens is 180 g/mol. The van der Waals surface area contributed by atoms with Crippen LogP contribution in [0.5, 0.6) is 5.75 Å². The second-order valence-electron chi connectivity index (χ2n) is 3.15. The molecule has 0 fully saturated rings. The number of unbranched alkanes of at least 4 members (excludes halogenated alkanes) is 1. The number of hydrogen-bond acceptors (Lipinski definition) is 2. The number of hydrogen-bond donors (Lipinski definition) is 1. The lowest BCUT2D eigenvalue weighted by atomic mass is 10.2. The Hall–Kier alpha value is -0.630. The summed E-state index contributed by atoms with van der Waals surface area (Å²) in [6.07, 6.45) is 2.28. The van der Waals surface area contributed by atoms with E-state index >= 15 is 0 Å². The van der Waals surface area contributed by atoms with Crippen molar-refractivity contribution < 1.29 is 4.74 Å². The summed E-state index contributed by atoms with van der Waals surface area (Å²) in [4.78, 5) is 0.986. The van der Waals surface area contributed by atoms with Crippen LogP contribution in [-0.4, -0.2) is 6.61 Å². The van der Waals surface area contributed by atoms with Crippen LogP contribution >= 0.6 is 12.6 Å². The smallest absolute Gasteiger partial charge is 0.122 e. The Kier molecular flexibility index (Phi) is 4.16. The van der Waals surface area contributed by atoms with Crippen LogP contribution in [0.15, 0.2) is 23.1 Å². The SMILES string of the molecule is CCCCOc1ccc(S)cc1C. The molecule has 72 valence electrons. The Morgan fingerprint density at radius 2 is 2.15 bits per heavy atom. The molecule has 2 heteroatoms. The van der Waals surface area contributed by atoms with E-state index in [0.717, 1.165) is 29.2 Å². The van der Waals surface area contributed by atoms with Gasteiger partial charge in [-0.05, 0) is 37.1 Å². The second kappa shape index (κ2) is 5.18. The summed E-state index contributed by atoms with van der Waals surface area (Å²) >= 11 is 4.26. The van der Waals surface area contributed by atoms with Gasteiger partial charge in [-0.1, -0.05) is 13.3 Å². The fraction of sp³-hybridized carbons (Fsp3) is 0.455. The van der Waals surface area contributed by atoms with Crippen molar-refractivity contribution >= 4 is 12.6 Å². The maximum atomic E-state index is 5.60. The topological polar surface area (TPSA) is 9.23 Å². The number of thiol groups is 1. The molecule has 0 bridgehead atoms. The molecule has 1 nitrogen and oxygen atoms in total. The Balaban J connectivity index is 2.56. The molecule has 0 spiro atoms. The van der Waals surface area contributed by atoms with Crippen LogP contribution < -0.4 is 4.74 Å². The molecule has 0 unspecified atom stereocenters. The van der Waals surface area contributed by atoms with Crippen molar-refractivity contribution in [3.05, 3.63) is 23.8 Å². The zero-order chi connectivity index (χ0) is 9.68. The molecule has 0 aromatic heterocycles. The van der Waals surface area contributed by atoms with Crippen molar-refractivity contribution in [2.24, 2.45) is 0 Å². The van der Waals surface area contributed by atoms with Crippen molar-refractivity contribution in [3.8, 4) is 5.75 Å². The van der Waals surface area contributed by atoms with E-state index < -0.39 is 0 Å². The van der Waals surface area contributed by atoms with Gasteiger partial charge in [0.05, 0.1) is 6.61 Å². The average Bonchev–Trinajstić information content (AvgIpc) is 2.09. The molecule has 0 amide bonds. The Morgan fingerprint density at radius 3 is 2.77 bits per heavy atom. The van der Waals surface area contributed by atoms with Crippen LogP contribution in [0.25, 0.3) is 0 Å². The second-order valence-corrected chi connectivity index (χ2v) is 3.67. The number of aryl methyl sites for hydroxylation is 1. The minimum Gasteiger partial charge on any atom is -0.493 e. The summed E-state index contributed by atoms with van der Waals surface area (Å²) in [5.41, 5.74) is 1.16. The Labute approximate surface area is 85.5 Å². The molecular formula is C11H16OS. The molecule has 1 rings (SSSR count). The largest absolute Gasteiger partial charge is 0.493 e. The summed E-state index contributed by atoms with van der Waals surface area (Å²) in [6.45, 7) is 5.01. The van der Waals surface area contributed by atoms with E-state index in [9.17, 15) is 0 Å². The minimum atomic E-state index is 0.809. The molecule has 1 aromatic carbocycles. The summed E-state index contributed by atoms with van der Waals surface area (Å²) in [5.74, 6) is 0.978. The maximum Gasteiger partial charge on any atom is 0.122 e. The quantitative estimate of drug-likeness (QED) is 0.573. The maximum absolute atomic E-state index is 5.60. The molecule has 0 saturated carbocycles. The van der Waals surface area contributed by atoms with Crippen LogP contribution in [0.3, 0.4) is 0 Å². The highest BCUT2D eigenvalue weighted by molar-refractivity contribution is 7.80. The summed E-state index contributed by atoms with van der Waals surface area (Å²) in [6, 6.07) is 5.95. The predicted octanol–water partition coefficient (Wildman–Crippen LogP) is 3.46. The van der Waals surface area contributed by atoms with Gasteiger partial charge in [-0.15, -0.1) is 12.6 Å². The number of benzene rings is 1. The molecule has 0 aliphatic heterocycles. The highest BCUT2D eigenvalue weighted by atomic mass is 32.1. The highest BCUT2D eigenvalue weighted by Crippen LogP contribution is 2.20. The molecule has 1 aromatic rings. The van der Waals surface area contributed by atoms with Crippen molar-refractivity contribution in [2.75, 3.05) is 6.61 Å². The summed E-state index contributed by atoms with van der Waals surface area (Å²) < 4.78 is 5.60. The molecule has 0 heterocycles. The van der Waals surface area contributed by atoms with E-state index in [1.807, 2.05) is 25.1 Å². The third-order valence-electron chi connectivity index (χ3n) is 1.91. The molecule has 0 aliphatic rings. The van der Waals surface area contributed by atoms with Crippen molar-refractivity contribution in [1.29, 1.82) is 0 Å². The van der Waals surface area contributed by atoms with Crippen molar-refractivity contribution in [2.45, 2.75) is 31.6 Å². The average molecular weight is 196 g/mol. The van der Waals surface area contributed by atoms with Gasteiger partial charge >= 0.3 is 0 Å². The normalized spacial score (nSPS) is 10.1. The summed E-state index contributed by atoms with van der Waals surface area (Å²) in [7, 11) is 0. The predicted molar refractivity (Wildman–Crippen MR) is 58.8 cm³/mol. The first-order chi connectivity index (χ1) is 6.24. The molecule has 0 aliphatic carbocycles. The molecule has 0 radical (unpaired) electrons. The Morgan fingerprint density at radius 1 is 1.38 bits per heavy atom. The van der Waals surface area contributed by atoms with Gasteiger partial charge in [0, 0.05) is 4.90 Å². The van der Waals surface area contributed by atoms with E-state index in [1.165, 1.54) is 6.42 Å². The van der Waals surface area contributed by atoms with Gasteiger partial charge in [-0.25, -0.2) is 0 Å². The van der Waals surface area contributed by atoms with Crippen molar-refractivity contribution in [1.82, 2.24) is 0 Å². The van der Waals surface area contributed by atoms with Gasteiger partial charge in [-0.3, -0.25) is 0 Å². The lowest BCUT2D eigenvalue weighted by Gasteiger charge is -2.08. The Bertz CT molecular complexity index is 271. The fourth-order valence-corrected chi connectivity index (χ4v) is 1.39. The van der Waals surface area contributed by atoms with Gasteiger partial charge in [0.2, 0.25) is 0 Å².